The van der Waals surface area contributed by atoms with E-state index in [0.29, 0.717) is 37.0 Å². The van der Waals surface area contributed by atoms with Gasteiger partial charge < -0.3 is 14.5 Å². The van der Waals surface area contributed by atoms with Gasteiger partial charge in [0.05, 0.1) is 0 Å². The van der Waals surface area contributed by atoms with Crippen molar-refractivity contribution in [1.29, 1.82) is 0 Å². The standard InChI is InChI=1S/C27H36N2O3/c1-20(2)19-29(24-9-7-6-8-10-24)25(30)23-13-11-21(12-14-23)22-15-17-28(18-16-22)26(31)32-27(3,4)5/h6-14,20,22H,15-19H2,1-5H3. The summed E-state index contributed by atoms with van der Waals surface area (Å²) < 4.78 is 5.49. The summed E-state index contributed by atoms with van der Waals surface area (Å²) in [6.45, 7) is 12.0. The minimum atomic E-state index is -0.473. The number of likely N-dealkylation sites (tertiary alicyclic amines) is 1. The van der Waals surface area contributed by atoms with Crippen molar-refractivity contribution < 1.29 is 14.3 Å². The van der Waals surface area contributed by atoms with Gasteiger partial charge in [0.2, 0.25) is 0 Å². The van der Waals surface area contributed by atoms with Gasteiger partial charge in [-0.25, -0.2) is 4.79 Å². The maximum Gasteiger partial charge on any atom is 0.410 e. The van der Waals surface area contributed by atoms with Crippen LogP contribution in [0.3, 0.4) is 0 Å². The second-order valence-corrected chi connectivity index (χ2v) is 10.0. The fourth-order valence-corrected chi connectivity index (χ4v) is 4.05. The molecule has 2 amide bonds. The van der Waals surface area contributed by atoms with Crippen LogP contribution in [0.1, 0.15) is 69.3 Å². The predicted molar refractivity (Wildman–Crippen MR) is 129 cm³/mol. The van der Waals surface area contributed by atoms with E-state index in [9.17, 15) is 9.59 Å². The van der Waals surface area contributed by atoms with Gasteiger partial charge in [-0.15, -0.1) is 0 Å². The SMILES string of the molecule is CC(C)CN(C(=O)c1ccc(C2CCN(C(=O)OC(C)(C)C)CC2)cc1)c1ccccc1. The summed E-state index contributed by atoms with van der Waals surface area (Å²) in [5, 5.41) is 0. The molecule has 1 fully saturated rings. The van der Waals surface area contributed by atoms with Crippen LogP contribution in [0.25, 0.3) is 0 Å². The second kappa shape index (κ2) is 10.2. The molecule has 172 valence electrons. The highest BCUT2D eigenvalue weighted by molar-refractivity contribution is 6.06. The molecule has 0 radical (unpaired) electrons. The molecule has 0 N–H and O–H groups in total. The Morgan fingerprint density at radius 1 is 1.00 bits per heavy atom. The van der Waals surface area contributed by atoms with Crippen LogP contribution in [0.5, 0.6) is 0 Å². The van der Waals surface area contributed by atoms with Crippen LogP contribution < -0.4 is 4.90 Å². The lowest BCUT2D eigenvalue weighted by Crippen LogP contribution is -2.41. The van der Waals surface area contributed by atoms with Gasteiger partial charge in [0.15, 0.2) is 0 Å². The molecule has 0 bridgehead atoms. The first-order valence-electron chi connectivity index (χ1n) is 11.6. The average molecular weight is 437 g/mol. The van der Waals surface area contributed by atoms with E-state index in [4.69, 9.17) is 4.74 Å². The van der Waals surface area contributed by atoms with Crippen molar-refractivity contribution in [3.63, 3.8) is 0 Å². The van der Waals surface area contributed by atoms with E-state index >= 15 is 0 Å². The number of hydrogen-bond donors (Lipinski definition) is 0. The van der Waals surface area contributed by atoms with Crippen molar-refractivity contribution in [1.82, 2.24) is 4.90 Å². The maximum atomic E-state index is 13.3. The van der Waals surface area contributed by atoms with E-state index in [1.54, 1.807) is 4.90 Å². The molecule has 32 heavy (non-hydrogen) atoms. The minimum absolute atomic E-state index is 0.0243. The summed E-state index contributed by atoms with van der Waals surface area (Å²) in [4.78, 5) is 29.2. The van der Waals surface area contributed by atoms with Gasteiger partial charge in [-0.2, -0.15) is 0 Å². The minimum Gasteiger partial charge on any atom is -0.444 e. The van der Waals surface area contributed by atoms with Crippen LogP contribution in [0.15, 0.2) is 54.6 Å². The van der Waals surface area contributed by atoms with E-state index < -0.39 is 5.60 Å². The van der Waals surface area contributed by atoms with Crippen molar-refractivity contribution >= 4 is 17.7 Å². The molecule has 1 saturated heterocycles. The molecule has 3 rings (SSSR count). The van der Waals surface area contributed by atoms with Gasteiger partial charge in [0.25, 0.3) is 5.91 Å². The Hall–Kier alpha value is -2.82. The molecule has 5 heteroatoms. The molecule has 2 aromatic rings. The normalized spacial score (nSPS) is 15.0. The third-order valence-electron chi connectivity index (χ3n) is 5.64. The van der Waals surface area contributed by atoms with Crippen LogP contribution in [0, 0.1) is 5.92 Å². The zero-order valence-electron chi connectivity index (χ0n) is 20.0. The van der Waals surface area contributed by atoms with Crippen molar-refractivity contribution in [2.45, 2.75) is 59.0 Å². The molecule has 5 nitrogen and oxygen atoms in total. The van der Waals surface area contributed by atoms with Gasteiger partial charge in [-0.05, 0) is 75.3 Å². The highest BCUT2D eigenvalue weighted by Gasteiger charge is 2.27. The molecule has 1 aliphatic heterocycles. The van der Waals surface area contributed by atoms with Gasteiger partial charge in [0.1, 0.15) is 5.60 Å². The number of para-hydroxylation sites is 1. The van der Waals surface area contributed by atoms with Crippen LogP contribution >= 0.6 is 0 Å². The molecule has 0 spiro atoms. The Morgan fingerprint density at radius 2 is 1.59 bits per heavy atom. The first-order valence-corrected chi connectivity index (χ1v) is 11.6. The quantitative estimate of drug-likeness (QED) is 0.569. The number of ether oxygens (including phenoxy) is 1. The summed E-state index contributed by atoms with van der Waals surface area (Å²) in [7, 11) is 0. The van der Waals surface area contributed by atoms with E-state index in [2.05, 4.69) is 26.0 Å². The lowest BCUT2D eigenvalue weighted by molar-refractivity contribution is 0.0204. The first-order chi connectivity index (χ1) is 15.1. The topological polar surface area (TPSA) is 49.9 Å². The number of nitrogens with zero attached hydrogens (tertiary/aromatic N) is 2. The summed E-state index contributed by atoms with van der Waals surface area (Å²) in [6, 6.07) is 17.9. The Labute approximate surface area is 192 Å². The van der Waals surface area contributed by atoms with E-state index in [1.165, 1.54) is 5.56 Å². The zero-order valence-corrected chi connectivity index (χ0v) is 20.0. The number of benzene rings is 2. The number of anilines is 1. The Kier molecular flexibility index (Phi) is 7.60. The molecule has 0 aromatic heterocycles. The lowest BCUT2D eigenvalue weighted by atomic mass is 9.89. The number of hydrogen-bond acceptors (Lipinski definition) is 3. The third-order valence-corrected chi connectivity index (χ3v) is 5.64. The first kappa shape index (κ1) is 23.8. The summed E-state index contributed by atoms with van der Waals surface area (Å²) in [5.74, 6) is 0.781. The number of piperidine rings is 1. The number of rotatable bonds is 5. The van der Waals surface area contributed by atoms with Crippen molar-refractivity contribution in [2.75, 3.05) is 24.5 Å². The second-order valence-electron chi connectivity index (χ2n) is 10.0. The Bertz CT molecular complexity index is 893. The van der Waals surface area contributed by atoms with Crippen LogP contribution in [-0.2, 0) is 4.74 Å². The third kappa shape index (κ3) is 6.35. The summed E-state index contributed by atoms with van der Waals surface area (Å²) in [5.41, 5.74) is 2.37. The highest BCUT2D eigenvalue weighted by Crippen LogP contribution is 2.29. The highest BCUT2D eigenvalue weighted by atomic mass is 16.6. The molecular formula is C27H36N2O3. The molecule has 1 heterocycles. The van der Waals surface area contributed by atoms with Crippen LogP contribution in [0.2, 0.25) is 0 Å². The molecule has 2 aromatic carbocycles. The molecule has 0 saturated carbocycles. The fraction of sp³-hybridized carbons (Fsp3) is 0.481. The van der Waals surface area contributed by atoms with Crippen molar-refractivity contribution in [3.8, 4) is 0 Å². The number of carbonyl (C=O) groups is 2. The molecule has 1 aliphatic rings. The molecule has 0 atom stereocenters. The molecule has 0 aliphatic carbocycles. The Balaban J connectivity index is 1.64. The monoisotopic (exact) mass is 436 g/mol. The Morgan fingerprint density at radius 3 is 2.12 bits per heavy atom. The summed E-state index contributed by atoms with van der Waals surface area (Å²) in [6.07, 6.45) is 1.56. The predicted octanol–water partition coefficient (Wildman–Crippen LogP) is 6.10. The van der Waals surface area contributed by atoms with Crippen molar-refractivity contribution in [2.24, 2.45) is 5.92 Å². The van der Waals surface area contributed by atoms with Gasteiger partial charge in [-0.3, -0.25) is 4.79 Å². The maximum absolute atomic E-state index is 13.3. The zero-order chi connectivity index (χ0) is 23.3. The van der Waals surface area contributed by atoms with Gasteiger partial charge in [-0.1, -0.05) is 44.2 Å². The fourth-order valence-electron chi connectivity index (χ4n) is 4.05. The largest absolute Gasteiger partial charge is 0.444 e. The molecule has 0 unspecified atom stereocenters. The summed E-state index contributed by atoms with van der Waals surface area (Å²) >= 11 is 0. The van der Waals surface area contributed by atoms with Crippen LogP contribution in [0.4, 0.5) is 10.5 Å². The number of amides is 2. The lowest BCUT2D eigenvalue weighted by Gasteiger charge is -2.33. The smallest absolute Gasteiger partial charge is 0.410 e. The molecular weight excluding hydrogens is 400 g/mol. The van der Waals surface area contributed by atoms with Crippen molar-refractivity contribution in [3.05, 3.63) is 65.7 Å². The van der Waals surface area contributed by atoms with Crippen LogP contribution in [-0.4, -0.2) is 42.1 Å². The van der Waals surface area contributed by atoms with Gasteiger partial charge >= 0.3 is 6.09 Å². The van der Waals surface area contributed by atoms with E-state index in [-0.39, 0.29) is 12.0 Å². The van der Waals surface area contributed by atoms with E-state index in [1.807, 2.05) is 68.1 Å². The number of carbonyl (C=O) groups excluding carboxylic acids is 2. The van der Waals surface area contributed by atoms with E-state index in [0.717, 1.165) is 18.5 Å². The average Bonchev–Trinajstić information content (AvgIpc) is 2.76. The van der Waals surface area contributed by atoms with Gasteiger partial charge in [0, 0.05) is 30.9 Å².